The number of ketones is 1. The molecule has 2 aromatic rings. The van der Waals surface area contributed by atoms with E-state index in [0.717, 1.165) is 0 Å². The van der Waals surface area contributed by atoms with E-state index in [4.69, 9.17) is 4.74 Å². The fourth-order valence-electron chi connectivity index (χ4n) is 2.40. The normalized spacial score (nSPS) is 10.9. The van der Waals surface area contributed by atoms with Gasteiger partial charge in [0.05, 0.1) is 0 Å². The van der Waals surface area contributed by atoms with Gasteiger partial charge in [0.15, 0.2) is 12.4 Å². The molecule has 0 aliphatic heterocycles. The molecule has 0 bridgehead atoms. The summed E-state index contributed by atoms with van der Waals surface area (Å²) in [4.78, 5) is 35.7. The fourth-order valence-corrected chi connectivity index (χ4v) is 2.40. The molecule has 0 saturated heterocycles. The van der Waals surface area contributed by atoms with Gasteiger partial charge in [0.25, 0.3) is 11.8 Å². The molecule has 2 rings (SSSR count). The molecule has 0 unspecified atom stereocenters. The second-order valence-corrected chi connectivity index (χ2v) is 7.42. The lowest BCUT2D eigenvalue weighted by atomic mass is 10.1. The summed E-state index contributed by atoms with van der Waals surface area (Å²) in [7, 11) is 0. The molecular weight excluding hydrogens is 356 g/mol. The molecule has 28 heavy (non-hydrogen) atoms. The van der Waals surface area contributed by atoms with Crippen LogP contribution < -0.4 is 15.4 Å². The van der Waals surface area contributed by atoms with Gasteiger partial charge in [-0.15, -0.1) is 0 Å². The van der Waals surface area contributed by atoms with E-state index < -0.39 is 0 Å². The molecule has 6 heteroatoms. The van der Waals surface area contributed by atoms with Crippen molar-refractivity contribution in [2.24, 2.45) is 0 Å². The van der Waals surface area contributed by atoms with Crippen molar-refractivity contribution < 1.29 is 19.1 Å². The van der Waals surface area contributed by atoms with Crippen LogP contribution in [-0.2, 0) is 4.79 Å². The van der Waals surface area contributed by atoms with E-state index in [1.54, 1.807) is 55.5 Å². The van der Waals surface area contributed by atoms with Crippen molar-refractivity contribution in [2.75, 3.05) is 11.9 Å². The molecular formula is C22H26N2O4. The first kappa shape index (κ1) is 21.2. The zero-order valence-corrected chi connectivity index (χ0v) is 16.7. The number of rotatable bonds is 7. The second-order valence-electron chi connectivity index (χ2n) is 7.42. The van der Waals surface area contributed by atoms with Gasteiger partial charge in [0.2, 0.25) is 0 Å². The van der Waals surface area contributed by atoms with Crippen LogP contribution in [0.2, 0.25) is 0 Å². The van der Waals surface area contributed by atoms with E-state index in [0.29, 0.717) is 29.0 Å². The Labute approximate surface area is 165 Å². The van der Waals surface area contributed by atoms with Crippen molar-refractivity contribution in [2.45, 2.75) is 39.7 Å². The number of benzene rings is 2. The molecule has 0 aliphatic rings. The maximum atomic E-state index is 12.1. The SMILES string of the molecule is CCC(=O)c1ccc(OCC(=O)Nc2ccc(C(=O)NC(C)(C)C)cc2)cc1. The van der Waals surface area contributed by atoms with Crippen molar-refractivity contribution in [1.82, 2.24) is 5.32 Å². The number of hydrogen-bond acceptors (Lipinski definition) is 4. The van der Waals surface area contributed by atoms with Gasteiger partial charge in [0, 0.05) is 28.8 Å². The standard InChI is InChI=1S/C22H26N2O4/c1-5-19(25)15-8-12-18(13-9-15)28-14-20(26)23-17-10-6-16(7-11-17)21(27)24-22(2,3)4/h6-13H,5,14H2,1-4H3,(H,23,26)(H,24,27). The van der Waals surface area contributed by atoms with Gasteiger partial charge < -0.3 is 15.4 Å². The molecule has 6 nitrogen and oxygen atoms in total. The van der Waals surface area contributed by atoms with Crippen molar-refractivity contribution in [3.05, 3.63) is 59.7 Å². The average molecular weight is 382 g/mol. The second kappa shape index (κ2) is 9.17. The highest BCUT2D eigenvalue weighted by atomic mass is 16.5. The smallest absolute Gasteiger partial charge is 0.262 e. The number of carbonyl (C=O) groups excluding carboxylic acids is 3. The molecule has 2 aromatic carbocycles. The van der Waals surface area contributed by atoms with Gasteiger partial charge in [-0.1, -0.05) is 6.92 Å². The summed E-state index contributed by atoms with van der Waals surface area (Å²) in [5, 5.41) is 5.60. The number of ether oxygens (including phenoxy) is 1. The van der Waals surface area contributed by atoms with Gasteiger partial charge >= 0.3 is 0 Å². The average Bonchev–Trinajstić information content (AvgIpc) is 2.65. The highest BCUT2D eigenvalue weighted by molar-refractivity contribution is 5.97. The first-order chi connectivity index (χ1) is 13.2. The quantitative estimate of drug-likeness (QED) is 0.713. The lowest BCUT2D eigenvalue weighted by molar-refractivity contribution is -0.118. The van der Waals surface area contributed by atoms with Gasteiger partial charge in [-0.2, -0.15) is 0 Å². The van der Waals surface area contributed by atoms with E-state index >= 15 is 0 Å². The van der Waals surface area contributed by atoms with Crippen LogP contribution in [-0.4, -0.2) is 29.7 Å². The molecule has 0 aromatic heterocycles. The third kappa shape index (κ3) is 6.54. The summed E-state index contributed by atoms with van der Waals surface area (Å²) in [6.45, 7) is 7.38. The Morgan fingerprint density at radius 2 is 1.46 bits per heavy atom. The molecule has 0 atom stereocenters. The Morgan fingerprint density at radius 3 is 2.00 bits per heavy atom. The van der Waals surface area contributed by atoms with E-state index in [2.05, 4.69) is 10.6 Å². The van der Waals surface area contributed by atoms with Crippen LogP contribution in [0.5, 0.6) is 5.75 Å². The van der Waals surface area contributed by atoms with Crippen molar-refractivity contribution in [3.8, 4) is 5.75 Å². The van der Waals surface area contributed by atoms with E-state index in [1.807, 2.05) is 20.8 Å². The first-order valence-corrected chi connectivity index (χ1v) is 9.16. The minimum atomic E-state index is -0.319. The summed E-state index contributed by atoms with van der Waals surface area (Å²) < 4.78 is 5.44. The van der Waals surface area contributed by atoms with Gasteiger partial charge in [-0.3, -0.25) is 14.4 Å². The lowest BCUT2D eigenvalue weighted by Crippen LogP contribution is -2.40. The van der Waals surface area contributed by atoms with Crippen molar-refractivity contribution >= 4 is 23.3 Å². The van der Waals surface area contributed by atoms with Crippen LogP contribution in [0.4, 0.5) is 5.69 Å². The van der Waals surface area contributed by atoms with Crippen LogP contribution in [0.15, 0.2) is 48.5 Å². The number of carbonyl (C=O) groups is 3. The Morgan fingerprint density at radius 1 is 0.893 bits per heavy atom. The summed E-state index contributed by atoms with van der Waals surface area (Å²) in [5.41, 5.74) is 1.40. The zero-order valence-electron chi connectivity index (χ0n) is 16.7. The highest BCUT2D eigenvalue weighted by Gasteiger charge is 2.15. The fraction of sp³-hybridized carbons (Fsp3) is 0.318. The van der Waals surface area contributed by atoms with Crippen molar-refractivity contribution in [3.63, 3.8) is 0 Å². The maximum Gasteiger partial charge on any atom is 0.262 e. The Bertz CT molecular complexity index is 834. The molecule has 0 heterocycles. The van der Waals surface area contributed by atoms with Crippen molar-refractivity contribution in [1.29, 1.82) is 0 Å². The third-order valence-corrected chi connectivity index (χ3v) is 3.79. The first-order valence-electron chi connectivity index (χ1n) is 9.16. The third-order valence-electron chi connectivity index (χ3n) is 3.79. The highest BCUT2D eigenvalue weighted by Crippen LogP contribution is 2.14. The predicted octanol–water partition coefficient (Wildman–Crippen LogP) is 3.83. The number of anilines is 1. The predicted molar refractivity (Wildman–Crippen MR) is 109 cm³/mol. The molecule has 0 radical (unpaired) electrons. The molecule has 148 valence electrons. The number of amides is 2. The molecule has 0 fully saturated rings. The van der Waals surface area contributed by atoms with Crippen LogP contribution in [0.1, 0.15) is 54.8 Å². The summed E-state index contributed by atoms with van der Waals surface area (Å²) >= 11 is 0. The largest absolute Gasteiger partial charge is 0.484 e. The Balaban J connectivity index is 1.86. The number of hydrogen-bond donors (Lipinski definition) is 2. The molecule has 0 aliphatic carbocycles. The van der Waals surface area contributed by atoms with Crippen LogP contribution in [0.25, 0.3) is 0 Å². The Hall–Kier alpha value is -3.15. The molecule has 0 saturated carbocycles. The Kier molecular flexibility index (Phi) is 6.93. The van der Waals surface area contributed by atoms with Crippen LogP contribution in [0.3, 0.4) is 0 Å². The van der Waals surface area contributed by atoms with E-state index in [-0.39, 0.29) is 29.7 Å². The van der Waals surface area contributed by atoms with Gasteiger partial charge in [0.1, 0.15) is 5.75 Å². The minimum absolute atomic E-state index is 0.0592. The maximum absolute atomic E-state index is 12.1. The summed E-state index contributed by atoms with van der Waals surface area (Å²) in [6, 6.07) is 13.3. The number of nitrogens with one attached hydrogen (secondary N) is 2. The van der Waals surface area contributed by atoms with Crippen LogP contribution >= 0.6 is 0 Å². The summed E-state index contributed by atoms with van der Waals surface area (Å²) in [5.74, 6) is 0.0836. The monoisotopic (exact) mass is 382 g/mol. The van der Waals surface area contributed by atoms with Gasteiger partial charge in [-0.25, -0.2) is 0 Å². The van der Waals surface area contributed by atoms with Crippen LogP contribution in [0, 0.1) is 0 Å². The minimum Gasteiger partial charge on any atom is -0.484 e. The zero-order chi connectivity index (χ0) is 20.7. The lowest BCUT2D eigenvalue weighted by Gasteiger charge is -2.20. The van der Waals surface area contributed by atoms with E-state index in [1.165, 1.54) is 0 Å². The van der Waals surface area contributed by atoms with Gasteiger partial charge in [-0.05, 0) is 69.3 Å². The van der Waals surface area contributed by atoms with E-state index in [9.17, 15) is 14.4 Å². The molecule has 0 spiro atoms. The topological polar surface area (TPSA) is 84.5 Å². The number of Topliss-reactive ketones (excluding diaryl/α,β-unsaturated/α-hetero) is 1. The molecule has 2 N–H and O–H groups in total. The summed E-state index contributed by atoms with van der Waals surface area (Å²) in [6.07, 6.45) is 0.444. The molecule has 2 amide bonds.